The molecule has 2 aromatic carbocycles. The van der Waals surface area contributed by atoms with E-state index in [0.717, 1.165) is 46.9 Å². The topological polar surface area (TPSA) is 46.5 Å². The summed E-state index contributed by atoms with van der Waals surface area (Å²) in [6, 6.07) is 15.3. The van der Waals surface area contributed by atoms with Crippen molar-refractivity contribution < 1.29 is 4.74 Å². The molecular formula is C18H16Cl3N3O. The number of halogens is 3. The molecule has 25 heavy (non-hydrogen) atoms. The number of ether oxygens (including phenoxy) is 1. The molecule has 4 rings (SSSR count). The van der Waals surface area contributed by atoms with Crippen molar-refractivity contribution in [3.05, 3.63) is 65.3 Å². The van der Waals surface area contributed by atoms with E-state index < -0.39 is 0 Å². The summed E-state index contributed by atoms with van der Waals surface area (Å²) in [5.41, 5.74) is 1.89. The number of nitrogens with one attached hydrogen (secondary N) is 1. The molecule has 0 aliphatic carbocycles. The molecule has 0 amide bonds. The molecule has 0 unspecified atom stereocenters. The Bertz CT molecular complexity index is 898. The van der Waals surface area contributed by atoms with Crippen LogP contribution in [0.2, 0.25) is 5.02 Å². The van der Waals surface area contributed by atoms with Crippen molar-refractivity contribution >= 4 is 53.2 Å². The minimum Gasteiger partial charge on any atom is -0.457 e. The Morgan fingerprint density at radius 1 is 1.00 bits per heavy atom. The van der Waals surface area contributed by atoms with Crippen LogP contribution in [0.1, 0.15) is 5.56 Å². The van der Waals surface area contributed by atoms with Crippen LogP contribution in [0.4, 0.5) is 0 Å². The molecular weight excluding hydrogens is 381 g/mol. The summed E-state index contributed by atoms with van der Waals surface area (Å²) in [5.74, 6) is 2.48. The van der Waals surface area contributed by atoms with E-state index in [0.29, 0.717) is 5.02 Å². The van der Waals surface area contributed by atoms with Gasteiger partial charge in [0.2, 0.25) is 0 Å². The van der Waals surface area contributed by atoms with Crippen molar-refractivity contribution in [3.63, 3.8) is 0 Å². The normalized spacial score (nSPS) is 12.6. The Balaban J connectivity index is 0.00000113. The first-order valence-corrected chi connectivity index (χ1v) is 7.78. The second-order valence-corrected chi connectivity index (χ2v) is 5.69. The second kappa shape index (κ2) is 8.39. The van der Waals surface area contributed by atoms with Gasteiger partial charge >= 0.3 is 0 Å². The number of rotatable bonds is 3. The van der Waals surface area contributed by atoms with Crippen LogP contribution in [0, 0.1) is 0 Å². The number of aromatic nitrogens is 1. The average Bonchev–Trinajstić information content (AvgIpc) is 3.10. The first-order valence-electron chi connectivity index (χ1n) is 7.40. The summed E-state index contributed by atoms with van der Waals surface area (Å²) in [6.45, 7) is 1.73. The van der Waals surface area contributed by atoms with Crippen LogP contribution in [-0.2, 0) is 0 Å². The molecule has 0 radical (unpaired) electrons. The van der Waals surface area contributed by atoms with E-state index in [2.05, 4.69) is 15.3 Å². The maximum Gasteiger partial charge on any atom is 0.138 e. The van der Waals surface area contributed by atoms with Gasteiger partial charge in [-0.2, -0.15) is 0 Å². The Labute approximate surface area is 163 Å². The molecule has 1 aromatic heterocycles. The third-order valence-electron chi connectivity index (χ3n) is 3.69. The van der Waals surface area contributed by atoms with Gasteiger partial charge in [-0.25, -0.2) is 0 Å². The van der Waals surface area contributed by atoms with Crippen LogP contribution in [-0.4, -0.2) is 23.9 Å². The van der Waals surface area contributed by atoms with Crippen LogP contribution >= 0.6 is 36.4 Å². The van der Waals surface area contributed by atoms with Gasteiger partial charge in [0.25, 0.3) is 0 Å². The van der Waals surface area contributed by atoms with E-state index in [-0.39, 0.29) is 24.8 Å². The average molecular weight is 397 g/mol. The lowest BCUT2D eigenvalue weighted by molar-refractivity contribution is 0.488. The maximum atomic E-state index is 6.01. The third kappa shape index (κ3) is 4.15. The van der Waals surface area contributed by atoms with Crippen LogP contribution < -0.4 is 10.1 Å². The van der Waals surface area contributed by atoms with Crippen LogP contribution in [0.3, 0.4) is 0 Å². The van der Waals surface area contributed by atoms with E-state index in [9.17, 15) is 0 Å². The minimum atomic E-state index is 0. The molecule has 0 saturated carbocycles. The van der Waals surface area contributed by atoms with Crippen LogP contribution in [0.25, 0.3) is 10.9 Å². The van der Waals surface area contributed by atoms with Crippen LogP contribution in [0.15, 0.2) is 59.7 Å². The number of nitrogens with zero attached hydrogens (tertiary/aromatic N) is 2. The summed E-state index contributed by atoms with van der Waals surface area (Å²) >= 11 is 6.01. The molecule has 0 bridgehead atoms. The molecule has 2 heterocycles. The number of amidine groups is 1. The number of fused-ring (bicyclic) bond motifs is 1. The molecule has 1 aliphatic rings. The van der Waals surface area contributed by atoms with Crippen LogP contribution in [0.5, 0.6) is 11.5 Å². The van der Waals surface area contributed by atoms with Crippen molar-refractivity contribution in [2.45, 2.75) is 0 Å². The van der Waals surface area contributed by atoms with E-state index in [1.54, 1.807) is 6.20 Å². The fourth-order valence-corrected chi connectivity index (χ4v) is 2.75. The highest BCUT2D eigenvalue weighted by Gasteiger charge is 2.09. The maximum absolute atomic E-state index is 6.01. The van der Waals surface area contributed by atoms with Crippen molar-refractivity contribution in [1.29, 1.82) is 0 Å². The Morgan fingerprint density at radius 3 is 2.52 bits per heavy atom. The fraction of sp³-hybridized carbons (Fsp3) is 0.111. The monoisotopic (exact) mass is 395 g/mol. The van der Waals surface area contributed by atoms with Gasteiger partial charge in [0.1, 0.15) is 17.3 Å². The fourth-order valence-electron chi connectivity index (χ4n) is 2.58. The number of pyridine rings is 1. The number of hydrogen-bond donors (Lipinski definition) is 1. The van der Waals surface area contributed by atoms with Gasteiger partial charge < -0.3 is 10.1 Å². The molecule has 0 atom stereocenters. The molecule has 0 saturated heterocycles. The smallest absolute Gasteiger partial charge is 0.138 e. The molecule has 7 heteroatoms. The van der Waals surface area contributed by atoms with Crippen molar-refractivity contribution in [2.75, 3.05) is 13.1 Å². The predicted molar refractivity (Wildman–Crippen MR) is 107 cm³/mol. The number of aliphatic imine (C=N–C) groups is 1. The van der Waals surface area contributed by atoms with Crippen molar-refractivity contribution in [3.8, 4) is 11.5 Å². The van der Waals surface area contributed by atoms with E-state index in [4.69, 9.17) is 16.3 Å². The summed E-state index contributed by atoms with van der Waals surface area (Å²) in [7, 11) is 0. The third-order valence-corrected chi connectivity index (χ3v) is 3.93. The highest BCUT2D eigenvalue weighted by Crippen LogP contribution is 2.30. The molecule has 4 nitrogen and oxygen atoms in total. The van der Waals surface area contributed by atoms with E-state index in [1.807, 2.05) is 48.5 Å². The standard InChI is InChI=1S/C18H14ClN3O.2ClH/c19-13-3-6-15-16(11-13)20-8-7-17(15)23-14-4-1-12(2-5-14)18-21-9-10-22-18;;/h1-8,11H,9-10H2,(H,21,22);2*1H. The molecule has 0 spiro atoms. The minimum absolute atomic E-state index is 0. The summed E-state index contributed by atoms with van der Waals surface area (Å²) in [6.07, 6.45) is 1.72. The SMILES string of the molecule is Cl.Cl.Clc1ccc2c(Oc3ccc(C4=NCCN4)cc3)ccnc2c1. The number of hydrogen-bond acceptors (Lipinski definition) is 4. The highest BCUT2D eigenvalue weighted by atomic mass is 35.5. The Morgan fingerprint density at radius 2 is 1.80 bits per heavy atom. The van der Waals surface area contributed by atoms with Gasteiger partial charge in [-0.05, 0) is 48.5 Å². The molecule has 3 aromatic rings. The Kier molecular flexibility index (Phi) is 6.48. The van der Waals surface area contributed by atoms with Gasteiger partial charge in [-0.15, -0.1) is 24.8 Å². The Hall–Kier alpha value is -2.01. The quantitative estimate of drug-likeness (QED) is 0.687. The summed E-state index contributed by atoms with van der Waals surface area (Å²) < 4.78 is 6.01. The highest BCUT2D eigenvalue weighted by molar-refractivity contribution is 6.31. The summed E-state index contributed by atoms with van der Waals surface area (Å²) in [5, 5.41) is 4.86. The first kappa shape index (κ1) is 19.3. The van der Waals surface area contributed by atoms with E-state index in [1.165, 1.54) is 0 Å². The second-order valence-electron chi connectivity index (χ2n) is 5.25. The van der Waals surface area contributed by atoms with Gasteiger partial charge in [-0.1, -0.05) is 11.6 Å². The molecule has 0 fully saturated rings. The van der Waals surface area contributed by atoms with Crippen molar-refractivity contribution in [2.24, 2.45) is 4.99 Å². The first-order chi connectivity index (χ1) is 11.3. The van der Waals surface area contributed by atoms with Crippen molar-refractivity contribution in [1.82, 2.24) is 10.3 Å². The zero-order valence-corrected chi connectivity index (χ0v) is 15.5. The molecule has 1 aliphatic heterocycles. The predicted octanol–water partition coefficient (Wildman–Crippen LogP) is 4.87. The lowest BCUT2D eigenvalue weighted by atomic mass is 10.2. The lowest BCUT2D eigenvalue weighted by Gasteiger charge is -2.09. The number of benzene rings is 2. The zero-order chi connectivity index (χ0) is 15.6. The zero-order valence-electron chi connectivity index (χ0n) is 13.1. The largest absolute Gasteiger partial charge is 0.457 e. The summed E-state index contributed by atoms with van der Waals surface area (Å²) in [4.78, 5) is 8.74. The van der Waals surface area contributed by atoms with Gasteiger partial charge in [-0.3, -0.25) is 9.98 Å². The molecule has 130 valence electrons. The van der Waals surface area contributed by atoms with Gasteiger partial charge in [0.15, 0.2) is 0 Å². The molecule has 1 N–H and O–H groups in total. The van der Waals surface area contributed by atoms with Gasteiger partial charge in [0, 0.05) is 28.7 Å². The van der Waals surface area contributed by atoms with E-state index >= 15 is 0 Å². The van der Waals surface area contributed by atoms with Gasteiger partial charge in [0.05, 0.1) is 12.1 Å². The lowest BCUT2D eigenvalue weighted by Crippen LogP contribution is -2.19.